The van der Waals surface area contributed by atoms with E-state index in [1.54, 1.807) is 7.11 Å². The third-order valence-corrected chi connectivity index (χ3v) is 8.62. The summed E-state index contributed by atoms with van der Waals surface area (Å²) in [5, 5.41) is 4.41. The van der Waals surface area contributed by atoms with Gasteiger partial charge in [-0.05, 0) is 92.3 Å². The van der Waals surface area contributed by atoms with Gasteiger partial charge in [0.2, 0.25) is 0 Å². The first-order chi connectivity index (χ1) is 18.2. The molecule has 6 rings (SSSR count). The van der Waals surface area contributed by atoms with Crippen molar-refractivity contribution in [3.63, 3.8) is 0 Å². The number of amides is 2. The molecule has 37 heavy (non-hydrogen) atoms. The number of benzene rings is 2. The fraction of sp³-hybridized carbons (Fsp3) is 0.300. The molecule has 190 valence electrons. The summed E-state index contributed by atoms with van der Waals surface area (Å²) in [7, 11) is 1.67. The Morgan fingerprint density at radius 3 is 2.51 bits per heavy atom. The molecule has 0 fully saturated rings. The van der Waals surface area contributed by atoms with E-state index in [2.05, 4.69) is 40.3 Å². The van der Waals surface area contributed by atoms with E-state index in [1.807, 2.05) is 59.6 Å². The molecule has 1 N–H and O–H groups in total. The fourth-order valence-corrected chi connectivity index (χ4v) is 6.92. The van der Waals surface area contributed by atoms with Crippen LogP contribution in [-0.2, 0) is 19.4 Å². The number of aromatic nitrogens is 1. The molecule has 2 aromatic carbocycles. The molecule has 1 atom stereocenters. The van der Waals surface area contributed by atoms with Crippen molar-refractivity contribution in [2.45, 2.75) is 45.2 Å². The summed E-state index contributed by atoms with van der Waals surface area (Å²) in [4.78, 5) is 17.5. The lowest BCUT2D eigenvalue weighted by Crippen LogP contribution is -2.38. The first kappa shape index (κ1) is 23.7. The highest BCUT2D eigenvalue weighted by Gasteiger charge is 2.36. The second kappa shape index (κ2) is 9.98. The number of anilines is 1. The number of hydrogen-bond donors (Lipinski definition) is 1. The van der Waals surface area contributed by atoms with E-state index < -0.39 is 0 Å². The zero-order chi connectivity index (χ0) is 25.4. The van der Waals surface area contributed by atoms with Gasteiger partial charge >= 0.3 is 6.03 Å². The monoisotopic (exact) mass is 513 g/mol. The van der Waals surface area contributed by atoms with Crippen molar-refractivity contribution in [1.29, 1.82) is 0 Å². The lowest BCUT2D eigenvalue weighted by atomic mass is 9.95. The molecule has 0 saturated carbocycles. The lowest BCUT2D eigenvalue weighted by Gasteiger charge is -2.31. The van der Waals surface area contributed by atoms with Gasteiger partial charge in [-0.2, -0.15) is 0 Å². The molecule has 2 aliphatic rings. The van der Waals surface area contributed by atoms with Gasteiger partial charge in [0.15, 0.2) is 0 Å². The van der Waals surface area contributed by atoms with Crippen LogP contribution in [0.3, 0.4) is 0 Å². The number of urea groups is 1. The highest BCUT2D eigenvalue weighted by Crippen LogP contribution is 2.44. The molecule has 2 amide bonds. The Morgan fingerprint density at radius 1 is 1.00 bits per heavy atom. The maximum absolute atomic E-state index is 14.0. The number of hydrogen-bond acceptors (Lipinski definition) is 4. The predicted octanol–water partition coefficient (Wildman–Crippen LogP) is 6.96. The summed E-state index contributed by atoms with van der Waals surface area (Å²) < 4.78 is 13.3. The van der Waals surface area contributed by atoms with E-state index >= 15 is 0 Å². The molecule has 1 aliphatic carbocycles. The Labute approximate surface area is 221 Å². The van der Waals surface area contributed by atoms with Crippen LogP contribution in [0.2, 0.25) is 0 Å². The Morgan fingerprint density at radius 2 is 1.76 bits per heavy atom. The van der Waals surface area contributed by atoms with Crippen LogP contribution >= 0.6 is 11.3 Å². The van der Waals surface area contributed by atoms with Crippen molar-refractivity contribution in [2.24, 2.45) is 0 Å². The van der Waals surface area contributed by atoms with Gasteiger partial charge in [0.05, 0.1) is 32.0 Å². The SMILES string of the molecule is CCOc1ccc(NC(=O)N2Cc3c(sc4c3CCCC4)-n3cccc3[C@@H]2c2ccc(OC)cc2)cc1. The van der Waals surface area contributed by atoms with Crippen LogP contribution in [-0.4, -0.2) is 29.2 Å². The molecule has 1 aliphatic heterocycles. The number of ether oxygens (including phenoxy) is 2. The highest BCUT2D eigenvalue weighted by molar-refractivity contribution is 7.15. The fourth-order valence-electron chi connectivity index (χ4n) is 5.52. The van der Waals surface area contributed by atoms with Crippen LogP contribution in [0.15, 0.2) is 66.9 Å². The van der Waals surface area contributed by atoms with Gasteiger partial charge in [0.1, 0.15) is 16.5 Å². The normalized spacial score (nSPS) is 16.3. The summed E-state index contributed by atoms with van der Waals surface area (Å²) in [6.07, 6.45) is 6.79. The van der Waals surface area contributed by atoms with Crippen LogP contribution in [0.4, 0.5) is 10.5 Å². The molecular formula is C30H31N3O3S. The van der Waals surface area contributed by atoms with Crippen molar-refractivity contribution in [3.8, 4) is 16.5 Å². The molecule has 2 aromatic heterocycles. The maximum Gasteiger partial charge on any atom is 0.322 e. The van der Waals surface area contributed by atoms with Crippen LogP contribution < -0.4 is 14.8 Å². The van der Waals surface area contributed by atoms with Crippen molar-refractivity contribution in [3.05, 3.63) is 94.1 Å². The molecule has 7 heteroatoms. The summed E-state index contributed by atoms with van der Waals surface area (Å²) in [6, 6.07) is 19.5. The Bertz CT molecular complexity index is 1410. The summed E-state index contributed by atoms with van der Waals surface area (Å²) in [6.45, 7) is 3.12. The smallest absolute Gasteiger partial charge is 0.322 e. The van der Waals surface area contributed by atoms with Gasteiger partial charge in [-0.15, -0.1) is 11.3 Å². The number of carbonyl (C=O) groups excluding carboxylic acids is 1. The van der Waals surface area contributed by atoms with Gasteiger partial charge < -0.3 is 24.3 Å². The Balaban J connectivity index is 1.43. The Kier molecular flexibility index (Phi) is 6.38. The third-order valence-electron chi connectivity index (χ3n) is 7.29. The highest BCUT2D eigenvalue weighted by atomic mass is 32.1. The third kappa shape index (κ3) is 4.37. The van der Waals surface area contributed by atoms with E-state index in [-0.39, 0.29) is 12.1 Å². The molecule has 3 heterocycles. The average molecular weight is 514 g/mol. The van der Waals surface area contributed by atoms with E-state index in [4.69, 9.17) is 9.47 Å². The zero-order valence-corrected chi connectivity index (χ0v) is 22.0. The maximum atomic E-state index is 14.0. The van der Waals surface area contributed by atoms with Crippen LogP contribution in [0.25, 0.3) is 5.00 Å². The first-order valence-corrected chi connectivity index (χ1v) is 13.7. The van der Waals surface area contributed by atoms with E-state index in [1.165, 1.54) is 33.8 Å². The summed E-state index contributed by atoms with van der Waals surface area (Å²) in [5.74, 6) is 1.59. The van der Waals surface area contributed by atoms with E-state index in [0.29, 0.717) is 13.2 Å². The van der Waals surface area contributed by atoms with Gasteiger partial charge in [0.25, 0.3) is 0 Å². The number of thiophene rings is 1. The van der Waals surface area contributed by atoms with Gasteiger partial charge in [0, 0.05) is 22.3 Å². The molecule has 4 aromatic rings. The molecule has 0 radical (unpaired) electrons. The predicted molar refractivity (Wildman–Crippen MR) is 147 cm³/mol. The molecule has 0 unspecified atom stereocenters. The lowest BCUT2D eigenvalue weighted by molar-refractivity contribution is 0.194. The van der Waals surface area contributed by atoms with Crippen molar-refractivity contribution >= 4 is 23.1 Å². The minimum absolute atomic E-state index is 0.124. The quantitative estimate of drug-likeness (QED) is 0.314. The number of aryl methyl sites for hydroxylation is 1. The number of rotatable bonds is 5. The average Bonchev–Trinajstić information content (AvgIpc) is 3.52. The Hall–Kier alpha value is -3.71. The topological polar surface area (TPSA) is 55.7 Å². The molecular weight excluding hydrogens is 482 g/mol. The second-order valence-electron chi connectivity index (χ2n) is 9.49. The van der Waals surface area contributed by atoms with E-state index in [0.717, 1.165) is 41.3 Å². The van der Waals surface area contributed by atoms with Crippen LogP contribution in [0, 0.1) is 0 Å². The minimum Gasteiger partial charge on any atom is -0.497 e. The van der Waals surface area contributed by atoms with Gasteiger partial charge in [-0.25, -0.2) is 4.79 Å². The van der Waals surface area contributed by atoms with E-state index in [9.17, 15) is 4.79 Å². The summed E-state index contributed by atoms with van der Waals surface area (Å²) >= 11 is 1.90. The number of methoxy groups -OCH3 is 1. The molecule has 0 spiro atoms. The number of carbonyl (C=O) groups is 1. The van der Waals surface area contributed by atoms with Crippen LogP contribution in [0.5, 0.6) is 11.5 Å². The summed E-state index contributed by atoms with van der Waals surface area (Å²) in [5.41, 5.74) is 5.61. The number of nitrogens with zero attached hydrogens (tertiary/aromatic N) is 2. The standard InChI is InChI=1S/C30H31N3O3S/c1-3-36-23-16-12-21(13-17-23)31-30(34)33-19-25-24-7-4-5-9-27(24)37-29(25)32-18-6-8-26(32)28(33)20-10-14-22(35-2)15-11-20/h6,8,10-18,28H,3-5,7,9,19H2,1-2H3,(H,31,34)/t28-/m0/s1. The second-order valence-corrected chi connectivity index (χ2v) is 10.6. The van der Waals surface area contributed by atoms with Crippen LogP contribution in [0.1, 0.15) is 53.1 Å². The van der Waals surface area contributed by atoms with Crippen molar-refractivity contribution in [1.82, 2.24) is 9.47 Å². The minimum atomic E-state index is -0.248. The zero-order valence-electron chi connectivity index (χ0n) is 21.2. The first-order valence-electron chi connectivity index (χ1n) is 12.9. The molecule has 0 saturated heterocycles. The van der Waals surface area contributed by atoms with Crippen molar-refractivity contribution < 1.29 is 14.3 Å². The van der Waals surface area contributed by atoms with Gasteiger partial charge in [-0.1, -0.05) is 12.1 Å². The van der Waals surface area contributed by atoms with Gasteiger partial charge in [-0.3, -0.25) is 0 Å². The molecule has 6 nitrogen and oxygen atoms in total. The largest absolute Gasteiger partial charge is 0.497 e. The number of nitrogens with one attached hydrogen (secondary N) is 1. The molecule has 0 bridgehead atoms. The van der Waals surface area contributed by atoms with Crippen molar-refractivity contribution in [2.75, 3.05) is 19.0 Å². The number of fused-ring (bicyclic) bond motifs is 5.